The Morgan fingerprint density at radius 3 is 2.13 bits per heavy atom. The van der Waals surface area contributed by atoms with E-state index >= 15 is 0 Å². The Morgan fingerprint density at radius 1 is 0.696 bits per heavy atom. The van der Waals surface area contributed by atoms with E-state index < -0.39 is 0 Å². The van der Waals surface area contributed by atoms with Gasteiger partial charge < -0.3 is 10.6 Å². The summed E-state index contributed by atoms with van der Waals surface area (Å²) >= 11 is 0. The number of nitrogens with zero attached hydrogens (tertiary/aromatic N) is 2. The number of anilines is 4. The maximum Gasteiger partial charge on any atom is 0.111 e. The summed E-state index contributed by atoms with van der Waals surface area (Å²) < 4.78 is 0. The lowest BCUT2D eigenvalue weighted by molar-refractivity contribution is 1.31. The molecule has 0 saturated heterocycles. The van der Waals surface area contributed by atoms with Crippen LogP contribution >= 0.6 is 0 Å². The molecule has 1 heterocycles. The average Bonchev–Trinajstić information content (AvgIpc) is 2.96. The molecule has 4 heteroatoms. The van der Waals surface area contributed by atoms with Crippen LogP contribution in [0.2, 0.25) is 0 Å². The van der Waals surface area contributed by atoms with E-state index in [1.54, 1.807) is 0 Å². The van der Waals surface area contributed by atoms with E-state index in [-0.39, 0.29) is 0 Å². The van der Waals surface area contributed by atoms with E-state index in [9.17, 15) is 0 Å². The van der Waals surface area contributed by atoms with Crippen LogP contribution in [0.3, 0.4) is 0 Å². The van der Waals surface area contributed by atoms with Gasteiger partial charge >= 0.3 is 0 Å². The van der Waals surface area contributed by atoms with E-state index in [1.165, 1.54) is 5.56 Å². The van der Waals surface area contributed by atoms with Crippen molar-refractivity contribution in [2.24, 2.45) is 10.2 Å². The van der Waals surface area contributed by atoms with Crippen LogP contribution in [0, 0.1) is 6.92 Å². The first-order valence-electron chi connectivity index (χ1n) is 7.53. The lowest BCUT2D eigenvalue weighted by atomic mass is 10.2. The van der Waals surface area contributed by atoms with Crippen molar-refractivity contribution in [1.29, 1.82) is 0 Å². The van der Waals surface area contributed by atoms with Gasteiger partial charge in [-0.05, 0) is 61.0 Å². The number of azo groups is 1. The van der Waals surface area contributed by atoms with Crippen LogP contribution < -0.4 is 10.6 Å². The topological polar surface area (TPSA) is 48.8 Å². The third kappa shape index (κ3) is 2.79. The molecule has 1 aliphatic heterocycles. The molecular weight excluding hydrogens is 284 g/mol. The Morgan fingerprint density at radius 2 is 1.39 bits per heavy atom. The van der Waals surface area contributed by atoms with Gasteiger partial charge in [0.05, 0.1) is 11.4 Å². The summed E-state index contributed by atoms with van der Waals surface area (Å²) in [4.78, 5) is 0. The third-order valence-electron chi connectivity index (χ3n) is 3.84. The minimum Gasteiger partial charge on any atom is -0.355 e. The molecule has 3 aromatic rings. The van der Waals surface area contributed by atoms with Gasteiger partial charge in [-0.25, -0.2) is 0 Å². The average molecular weight is 300 g/mol. The van der Waals surface area contributed by atoms with Crippen LogP contribution in [0.15, 0.2) is 77.0 Å². The summed E-state index contributed by atoms with van der Waals surface area (Å²) in [6.07, 6.45) is 0. The second-order valence-electron chi connectivity index (χ2n) is 5.54. The monoisotopic (exact) mass is 300 g/mol. The zero-order valence-corrected chi connectivity index (χ0v) is 12.7. The molecule has 0 unspecified atom stereocenters. The van der Waals surface area contributed by atoms with Crippen molar-refractivity contribution in [3.05, 3.63) is 72.3 Å². The van der Waals surface area contributed by atoms with Crippen molar-refractivity contribution in [1.82, 2.24) is 0 Å². The summed E-state index contributed by atoms with van der Waals surface area (Å²) in [5.74, 6) is 0. The van der Waals surface area contributed by atoms with E-state index in [0.717, 1.165) is 34.1 Å². The summed E-state index contributed by atoms with van der Waals surface area (Å²) in [6, 6.07) is 22.4. The number of benzene rings is 3. The first-order chi connectivity index (χ1) is 11.3. The number of hydrogen-bond acceptors (Lipinski definition) is 4. The maximum atomic E-state index is 4.13. The molecule has 0 atom stereocenters. The number of fused-ring (bicyclic) bond motifs is 2. The standard InChI is InChI=1S/C19H16N4/c1-13-4-2-3-5-17(13)20-14-6-8-15(9-7-14)21-18-11-10-16-12-19(18)23-22-16/h2-12,20-21H,1H3. The Balaban J connectivity index is 1.50. The van der Waals surface area contributed by atoms with Crippen molar-refractivity contribution >= 4 is 34.1 Å². The molecule has 112 valence electrons. The normalized spacial score (nSPS) is 11.5. The molecule has 0 amide bonds. The van der Waals surface area contributed by atoms with Gasteiger partial charge in [0.15, 0.2) is 0 Å². The molecule has 2 N–H and O–H groups in total. The fraction of sp³-hybridized carbons (Fsp3) is 0.0526. The molecule has 4 nitrogen and oxygen atoms in total. The molecule has 23 heavy (non-hydrogen) atoms. The molecule has 3 aromatic carbocycles. The third-order valence-corrected chi connectivity index (χ3v) is 3.84. The predicted octanol–water partition coefficient (Wildman–Crippen LogP) is 6.21. The second-order valence-corrected chi connectivity index (χ2v) is 5.54. The minimum absolute atomic E-state index is 0.879. The molecule has 0 spiro atoms. The number of nitrogens with one attached hydrogen (secondary N) is 2. The van der Waals surface area contributed by atoms with E-state index in [2.05, 4.69) is 52.1 Å². The highest BCUT2D eigenvalue weighted by Crippen LogP contribution is 2.37. The molecule has 4 rings (SSSR count). The van der Waals surface area contributed by atoms with Gasteiger partial charge in [0.25, 0.3) is 0 Å². The smallest absolute Gasteiger partial charge is 0.111 e. The van der Waals surface area contributed by atoms with Crippen molar-refractivity contribution in [2.75, 3.05) is 10.6 Å². The lowest BCUT2D eigenvalue weighted by Gasteiger charge is -2.11. The molecule has 0 aromatic heterocycles. The van der Waals surface area contributed by atoms with Crippen molar-refractivity contribution in [3.8, 4) is 0 Å². The Hall–Kier alpha value is -3.14. The quantitative estimate of drug-likeness (QED) is 0.470. The molecule has 0 fully saturated rings. The van der Waals surface area contributed by atoms with E-state index in [4.69, 9.17) is 0 Å². The summed E-state index contributed by atoms with van der Waals surface area (Å²) in [5, 5.41) is 15.0. The largest absolute Gasteiger partial charge is 0.355 e. The van der Waals surface area contributed by atoms with Crippen molar-refractivity contribution in [3.63, 3.8) is 0 Å². The number of rotatable bonds is 4. The van der Waals surface area contributed by atoms with Crippen LogP contribution in [-0.4, -0.2) is 0 Å². The molecule has 1 aliphatic rings. The zero-order valence-electron chi connectivity index (χ0n) is 12.7. The van der Waals surface area contributed by atoms with Crippen LogP contribution in [-0.2, 0) is 0 Å². The van der Waals surface area contributed by atoms with Gasteiger partial charge in [-0.1, -0.05) is 18.2 Å². The first-order valence-corrected chi connectivity index (χ1v) is 7.53. The first kappa shape index (κ1) is 13.5. The second kappa shape index (κ2) is 5.57. The molecule has 2 bridgehead atoms. The van der Waals surface area contributed by atoms with Gasteiger partial charge in [-0.2, -0.15) is 5.11 Å². The number of hydrogen-bond donors (Lipinski definition) is 2. The number of para-hydroxylation sites is 1. The van der Waals surface area contributed by atoms with E-state index in [0.29, 0.717) is 0 Å². The highest BCUT2D eigenvalue weighted by Gasteiger charge is 2.08. The fourth-order valence-electron chi connectivity index (χ4n) is 2.54. The SMILES string of the molecule is Cc1ccccc1Nc1ccc(Nc2ccc3cc2N=N3)cc1. The lowest BCUT2D eigenvalue weighted by Crippen LogP contribution is -1.94. The molecule has 0 aliphatic carbocycles. The van der Waals surface area contributed by atoms with Crippen molar-refractivity contribution < 1.29 is 0 Å². The summed E-state index contributed by atoms with van der Waals surface area (Å²) in [7, 11) is 0. The van der Waals surface area contributed by atoms with Gasteiger partial charge in [0.1, 0.15) is 5.69 Å². The molecular formula is C19H16N4. The fourth-order valence-corrected chi connectivity index (χ4v) is 2.54. The van der Waals surface area contributed by atoms with Gasteiger partial charge in [0, 0.05) is 17.1 Å². The Bertz CT molecular complexity index is 882. The van der Waals surface area contributed by atoms with E-state index in [1.807, 2.05) is 42.5 Å². The van der Waals surface area contributed by atoms with Gasteiger partial charge in [-0.3, -0.25) is 0 Å². The van der Waals surface area contributed by atoms with Crippen LogP contribution in [0.5, 0.6) is 0 Å². The Labute approximate surface area is 134 Å². The van der Waals surface area contributed by atoms with Crippen LogP contribution in [0.4, 0.5) is 34.1 Å². The van der Waals surface area contributed by atoms with Gasteiger partial charge in [0.2, 0.25) is 0 Å². The minimum atomic E-state index is 0.879. The van der Waals surface area contributed by atoms with Crippen LogP contribution in [0.25, 0.3) is 0 Å². The zero-order chi connectivity index (χ0) is 15.6. The number of aryl methyl sites for hydroxylation is 1. The summed E-state index contributed by atoms with van der Waals surface area (Å²) in [6.45, 7) is 2.10. The highest BCUT2D eigenvalue weighted by atomic mass is 15.1. The summed E-state index contributed by atoms with van der Waals surface area (Å²) in [5.41, 5.74) is 7.18. The Kier molecular flexibility index (Phi) is 3.27. The maximum absolute atomic E-state index is 4.13. The van der Waals surface area contributed by atoms with Crippen molar-refractivity contribution in [2.45, 2.75) is 6.92 Å². The van der Waals surface area contributed by atoms with Crippen LogP contribution in [0.1, 0.15) is 5.56 Å². The molecule has 0 saturated carbocycles. The van der Waals surface area contributed by atoms with Gasteiger partial charge in [-0.15, -0.1) is 5.11 Å². The predicted molar refractivity (Wildman–Crippen MR) is 94.8 cm³/mol. The molecule has 0 radical (unpaired) electrons. The highest BCUT2D eigenvalue weighted by molar-refractivity contribution is 5.77.